The van der Waals surface area contributed by atoms with E-state index in [1.165, 1.54) is 18.4 Å². The average Bonchev–Trinajstić information content (AvgIpc) is 2.84. The van der Waals surface area contributed by atoms with Gasteiger partial charge in [-0.15, -0.1) is 0 Å². The smallest absolute Gasteiger partial charge is 0.122 e. The molecule has 0 N–H and O–H groups in total. The lowest BCUT2D eigenvalue weighted by atomic mass is 9.94. The third-order valence-electron chi connectivity index (χ3n) is 3.84. The summed E-state index contributed by atoms with van der Waals surface area (Å²) in [7, 11) is 1.74. The van der Waals surface area contributed by atoms with Crippen molar-refractivity contribution in [2.75, 3.05) is 12.4 Å². The monoisotopic (exact) mass is 326 g/mol. The fourth-order valence-corrected chi connectivity index (χ4v) is 3.31. The van der Waals surface area contributed by atoms with Crippen LogP contribution < -0.4 is 4.74 Å². The number of rotatable bonds is 6. The molecule has 3 unspecified atom stereocenters. The van der Waals surface area contributed by atoms with Gasteiger partial charge in [0.1, 0.15) is 5.75 Å². The number of hydrogen-bond donors (Lipinski definition) is 0. The lowest BCUT2D eigenvalue weighted by Gasteiger charge is -2.20. The van der Waals surface area contributed by atoms with Gasteiger partial charge in [0.25, 0.3) is 0 Å². The highest BCUT2D eigenvalue weighted by Gasteiger charge is 2.25. The maximum Gasteiger partial charge on any atom is 0.122 e. The van der Waals surface area contributed by atoms with Gasteiger partial charge < -0.3 is 9.47 Å². The molecule has 0 aliphatic carbocycles. The number of hydrogen-bond acceptors (Lipinski definition) is 2. The molecule has 1 saturated heterocycles. The topological polar surface area (TPSA) is 18.5 Å². The first-order valence-corrected chi connectivity index (χ1v) is 8.18. The summed E-state index contributed by atoms with van der Waals surface area (Å²) in [5.74, 6) is 1.60. The van der Waals surface area contributed by atoms with E-state index >= 15 is 0 Å². The van der Waals surface area contributed by atoms with E-state index in [0.717, 1.165) is 23.9 Å². The van der Waals surface area contributed by atoms with E-state index in [9.17, 15) is 0 Å². The van der Waals surface area contributed by atoms with Crippen LogP contribution in [0, 0.1) is 5.92 Å². The molecule has 0 amide bonds. The van der Waals surface area contributed by atoms with Crippen LogP contribution in [0.4, 0.5) is 0 Å². The Balaban J connectivity index is 1.94. The van der Waals surface area contributed by atoms with Crippen molar-refractivity contribution < 1.29 is 9.47 Å². The first-order chi connectivity index (χ1) is 9.22. The van der Waals surface area contributed by atoms with Gasteiger partial charge in [0.05, 0.1) is 19.3 Å². The van der Waals surface area contributed by atoms with Crippen LogP contribution in [-0.4, -0.2) is 24.6 Å². The van der Waals surface area contributed by atoms with Crippen LogP contribution in [0.15, 0.2) is 24.3 Å². The zero-order valence-electron chi connectivity index (χ0n) is 11.8. The van der Waals surface area contributed by atoms with Gasteiger partial charge in [-0.05, 0) is 50.2 Å². The zero-order valence-corrected chi connectivity index (χ0v) is 13.4. The quantitative estimate of drug-likeness (QED) is 0.729. The predicted molar refractivity (Wildman–Crippen MR) is 82.2 cm³/mol. The molecule has 1 aromatic rings. The molecule has 0 saturated carbocycles. The van der Waals surface area contributed by atoms with E-state index in [0.29, 0.717) is 18.1 Å². The van der Waals surface area contributed by atoms with Crippen LogP contribution in [-0.2, 0) is 11.2 Å². The van der Waals surface area contributed by atoms with Crippen LogP contribution in [0.25, 0.3) is 0 Å². The third kappa shape index (κ3) is 4.22. The lowest BCUT2D eigenvalue weighted by molar-refractivity contribution is 0.0428. The molecule has 0 spiro atoms. The van der Waals surface area contributed by atoms with E-state index < -0.39 is 0 Å². The number of alkyl halides is 1. The molecule has 0 radical (unpaired) electrons. The molecule has 106 valence electrons. The molecular weight excluding hydrogens is 304 g/mol. The van der Waals surface area contributed by atoms with E-state index in [1.54, 1.807) is 7.11 Å². The van der Waals surface area contributed by atoms with Crippen LogP contribution >= 0.6 is 15.9 Å². The number of methoxy groups -OCH3 is 1. The summed E-state index contributed by atoms with van der Waals surface area (Å²) >= 11 is 3.65. The van der Waals surface area contributed by atoms with Crippen molar-refractivity contribution in [1.82, 2.24) is 0 Å². The van der Waals surface area contributed by atoms with Crippen molar-refractivity contribution >= 4 is 15.9 Å². The molecule has 19 heavy (non-hydrogen) atoms. The van der Waals surface area contributed by atoms with E-state index in [1.807, 2.05) is 12.1 Å². The number of ether oxygens (including phenoxy) is 2. The number of para-hydroxylation sites is 1. The normalized spacial score (nSPS) is 24.4. The van der Waals surface area contributed by atoms with Gasteiger partial charge in [0, 0.05) is 5.33 Å². The second kappa shape index (κ2) is 7.30. The Morgan fingerprint density at radius 2 is 2.16 bits per heavy atom. The van der Waals surface area contributed by atoms with Gasteiger partial charge in [0.2, 0.25) is 0 Å². The Bertz CT molecular complexity index is 394. The Morgan fingerprint density at radius 1 is 1.37 bits per heavy atom. The summed E-state index contributed by atoms with van der Waals surface area (Å²) in [6, 6.07) is 8.30. The molecule has 0 bridgehead atoms. The van der Waals surface area contributed by atoms with E-state index in [2.05, 4.69) is 35.0 Å². The molecule has 2 rings (SSSR count). The van der Waals surface area contributed by atoms with Crippen molar-refractivity contribution in [1.29, 1.82) is 0 Å². The molecule has 1 aliphatic rings. The van der Waals surface area contributed by atoms with Crippen molar-refractivity contribution in [3.8, 4) is 5.75 Å². The van der Waals surface area contributed by atoms with E-state index in [-0.39, 0.29) is 0 Å². The predicted octanol–water partition coefficient (Wildman–Crippen LogP) is 4.21. The Hall–Kier alpha value is -0.540. The third-order valence-corrected chi connectivity index (χ3v) is 4.75. The minimum atomic E-state index is 0.437. The molecule has 1 fully saturated rings. The highest BCUT2D eigenvalue weighted by Crippen LogP contribution is 2.29. The van der Waals surface area contributed by atoms with Crippen molar-refractivity contribution in [3.05, 3.63) is 29.8 Å². The van der Waals surface area contributed by atoms with Crippen LogP contribution in [0.2, 0.25) is 0 Å². The fraction of sp³-hybridized carbons (Fsp3) is 0.625. The van der Waals surface area contributed by atoms with Crippen LogP contribution in [0.3, 0.4) is 0 Å². The van der Waals surface area contributed by atoms with Gasteiger partial charge in [-0.1, -0.05) is 34.1 Å². The summed E-state index contributed by atoms with van der Waals surface area (Å²) < 4.78 is 11.4. The second-order valence-electron chi connectivity index (χ2n) is 5.42. The number of halogens is 1. The Morgan fingerprint density at radius 3 is 2.79 bits per heavy atom. The first-order valence-electron chi connectivity index (χ1n) is 7.06. The standard InChI is InChI=1S/C16H23BrO2/c1-12-7-8-15(19-12)10-13(11-17)9-14-5-3-4-6-16(14)18-2/h3-6,12-13,15H,7-11H2,1-2H3. The number of benzene rings is 1. The van der Waals surface area contributed by atoms with Gasteiger partial charge in [-0.3, -0.25) is 0 Å². The highest BCUT2D eigenvalue weighted by molar-refractivity contribution is 9.09. The molecule has 2 nitrogen and oxygen atoms in total. The van der Waals surface area contributed by atoms with Crippen molar-refractivity contribution in [2.45, 2.75) is 44.8 Å². The molecular formula is C16H23BrO2. The fourth-order valence-electron chi connectivity index (χ4n) is 2.81. The van der Waals surface area contributed by atoms with Crippen molar-refractivity contribution in [2.24, 2.45) is 5.92 Å². The Labute approximate surface area is 124 Å². The van der Waals surface area contributed by atoms with Gasteiger partial charge >= 0.3 is 0 Å². The highest BCUT2D eigenvalue weighted by atomic mass is 79.9. The summed E-state index contributed by atoms with van der Waals surface area (Å²) in [6.07, 6.45) is 5.46. The zero-order chi connectivity index (χ0) is 13.7. The van der Waals surface area contributed by atoms with Crippen LogP contribution in [0.1, 0.15) is 31.7 Å². The average molecular weight is 327 g/mol. The van der Waals surface area contributed by atoms with Gasteiger partial charge in [0.15, 0.2) is 0 Å². The minimum absolute atomic E-state index is 0.437. The summed E-state index contributed by atoms with van der Waals surface area (Å²) in [5, 5.41) is 1.01. The van der Waals surface area contributed by atoms with Crippen LogP contribution in [0.5, 0.6) is 5.75 Å². The maximum absolute atomic E-state index is 5.94. The largest absolute Gasteiger partial charge is 0.496 e. The molecule has 1 heterocycles. The molecule has 1 aliphatic heterocycles. The first kappa shape index (κ1) is 14.9. The molecule has 1 aromatic carbocycles. The molecule has 3 heteroatoms. The van der Waals surface area contributed by atoms with Crippen molar-refractivity contribution in [3.63, 3.8) is 0 Å². The summed E-state index contributed by atoms with van der Waals surface area (Å²) in [4.78, 5) is 0. The Kier molecular flexibility index (Phi) is 5.71. The minimum Gasteiger partial charge on any atom is -0.496 e. The van der Waals surface area contributed by atoms with E-state index in [4.69, 9.17) is 9.47 Å². The van der Waals surface area contributed by atoms with Gasteiger partial charge in [-0.25, -0.2) is 0 Å². The summed E-state index contributed by atoms with van der Waals surface area (Å²) in [6.45, 7) is 2.17. The molecule has 0 aromatic heterocycles. The van der Waals surface area contributed by atoms with Gasteiger partial charge in [-0.2, -0.15) is 0 Å². The molecule has 3 atom stereocenters. The second-order valence-corrected chi connectivity index (χ2v) is 6.07. The lowest BCUT2D eigenvalue weighted by Crippen LogP contribution is -2.17. The summed E-state index contributed by atoms with van der Waals surface area (Å²) in [5.41, 5.74) is 1.29. The maximum atomic E-state index is 5.94. The SMILES string of the molecule is COc1ccccc1CC(CBr)CC1CCC(C)O1.